The molecule has 0 aromatic heterocycles. The summed E-state index contributed by atoms with van der Waals surface area (Å²) in [6.45, 7) is 6.25. The van der Waals surface area contributed by atoms with Gasteiger partial charge < -0.3 is 0 Å². The molecule has 0 atom stereocenters. The first-order valence-corrected chi connectivity index (χ1v) is 2.61. The third kappa shape index (κ3) is 1.80. The van der Waals surface area contributed by atoms with Crippen LogP contribution in [0.4, 0.5) is 0 Å². The first-order valence-electron chi connectivity index (χ1n) is 2.61. The van der Waals surface area contributed by atoms with Crippen LogP contribution in [0.15, 0.2) is 12.7 Å². The van der Waals surface area contributed by atoms with E-state index in [1.807, 2.05) is 0 Å². The minimum Gasteiger partial charge on any atom is -0.294 e. The van der Waals surface area contributed by atoms with Gasteiger partial charge in [-0.15, -0.1) is 0 Å². The van der Waals surface area contributed by atoms with E-state index in [-0.39, 0.29) is 5.78 Å². The number of hydrogen-bond acceptors (Lipinski definition) is 2. The number of allylic oxidation sites excluding steroid dienone is 1. The van der Waals surface area contributed by atoms with Gasteiger partial charge in [-0.3, -0.25) is 9.59 Å². The molecular formula is C7H9O2. The number of ketones is 1. The minimum absolute atomic E-state index is 0.294. The molecule has 0 saturated heterocycles. The van der Waals surface area contributed by atoms with Crippen molar-refractivity contribution in [2.24, 2.45) is 5.41 Å². The monoisotopic (exact) mass is 125 g/mol. The molecule has 0 aliphatic rings. The summed E-state index contributed by atoms with van der Waals surface area (Å²) >= 11 is 0. The fraction of sp³-hybridized carbons (Fsp3) is 0.429. The van der Waals surface area contributed by atoms with Gasteiger partial charge in [-0.2, -0.15) is 0 Å². The largest absolute Gasteiger partial charge is 0.294 e. The highest BCUT2D eigenvalue weighted by Gasteiger charge is 2.24. The van der Waals surface area contributed by atoms with Crippen molar-refractivity contribution in [3.8, 4) is 0 Å². The number of carbonyl (C=O) groups excluding carboxylic acids is 2. The quantitative estimate of drug-likeness (QED) is 0.414. The molecule has 0 aromatic carbocycles. The zero-order valence-electron chi connectivity index (χ0n) is 5.60. The average Bonchev–Trinajstić information content (AvgIpc) is 1.86. The van der Waals surface area contributed by atoms with Gasteiger partial charge in [0.15, 0.2) is 5.78 Å². The van der Waals surface area contributed by atoms with E-state index in [9.17, 15) is 9.59 Å². The van der Waals surface area contributed by atoms with Gasteiger partial charge in [0.25, 0.3) is 0 Å². The summed E-state index contributed by atoms with van der Waals surface area (Å²) in [5.74, 6) is -0.294. The van der Waals surface area contributed by atoms with Crippen LogP contribution in [0.3, 0.4) is 0 Å². The lowest BCUT2D eigenvalue weighted by Gasteiger charge is -2.08. The summed E-state index contributed by atoms with van der Waals surface area (Å²) in [4.78, 5) is 20.7. The van der Waals surface area contributed by atoms with Crippen molar-refractivity contribution in [2.45, 2.75) is 13.8 Å². The molecule has 0 aliphatic heterocycles. The smallest absolute Gasteiger partial charge is 0.212 e. The topological polar surface area (TPSA) is 34.1 Å². The lowest BCUT2D eigenvalue weighted by molar-refractivity contribution is -0.119. The third-order valence-electron chi connectivity index (χ3n) is 1.06. The van der Waals surface area contributed by atoms with Crippen molar-refractivity contribution in [1.82, 2.24) is 0 Å². The number of carbonyl (C=O) groups is 1. The normalized spacial score (nSPS) is 10.4. The molecule has 0 aromatic rings. The van der Waals surface area contributed by atoms with Crippen LogP contribution in [0.1, 0.15) is 13.8 Å². The van der Waals surface area contributed by atoms with Crippen LogP contribution < -0.4 is 0 Å². The Kier molecular flexibility index (Phi) is 2.31. The first kappa shape index (κ1) is 8.08. The Labute approximate surface area is 54.6 Å². The molecule has 2 heteroatoms. The van der Waals surface area contributed by atoms with E-state index >= 15 is 0 Å². The second-order valence-electron chi connectivity index (χ2n) is 2.30. The maximum Gasteiger partial charge on any atom is 0.212 e. The van der Waals surface area contributed by atoms with Crippen LogP contribution in [-0.4, -0.2) is 12.1 Å². The standard InChI is InChI=1S/C7H9O2/c1-4-6(9)7(2,3)5-8/h4H,1H2,2-3H3. The summed E-state index contributed by atoms with van der Waals surface area (Å²) < 4.78 is 0. The van der Waals surface area contributed by atoms with Crippen molar-refractivity contribution in [3.63, 3.8) is 0 Å². The third-order valence-corrected chi connectivity index (χ3v) is 1.06. The summed E-state index contributed by atoms with van der Waals surface area (Å²) in [5.41, 5.74) is -1.01. The van der Waals surface area contributed by atoms with Crippen LogP contribution >= 0.6 is 0 Å². The molecule has 0 rings (SSSR count). The maximum absolute atomic E-state index is 10.7. The highest BCUT2D eigenvalue weighted by Crippen LogP contribution is 2.11. The van der Waals surface area contributed by atoms with Gasteiger partial charge >= 0.3 is 0 Å². The molecule has 0 spiro atoms. The van der Waals surface area contributed by atoms with Gasteiger partial charge in [-0.05, 0) is 19.9 Å². The Morgan fingerprint density at radius 2 is 2.11 bits per heavy atom. The highest BCUT2D eigenvalue weighted by atomic mass is 16.1. The van der Waals surface area contributed by atoms with Crippen LogP contribution in [0.2, 0.25) is 0 Å². The van der Waals surface area contributed by atoms with Crippen molar-refractivity contribution < 1.29 is 9.59 Å². The zero-order valence-corrected chi connectivity index (χ0v) is 5.60. The Balaban J connectivity index is 4.31. The maximum atomic E-state index is 10.7. The van der Waals surface area contributed by atoms with Crippen LogP contribution in [-0.2, 0) is 9.59 Å². The number of hydrogen-bond donors (Lipinski definition) is 0. The van der Waals surface area contributed by atoms with Crippen LogP contribution in [0, 0.1) is 5.41 Å². The van der Waals surface area contributed by atoms with E-state index in [0.29, 0.717) is 0 Å². The Bertz CT molecular complexity index is 145. The molecule has 0 fully saturated rings. The average molecular weight is 125 g/mol. The Morgan fingerprint density at radius 1 is 1.67 bits per heavy atom. The van der Waals surface area contributed by atoms with Crippen LogP contribution in [0.25, 0.3) is 0 Å². The van der Waals surface area contributed by atoms with E-state index in [1.165, 1.54) is 13.8 Å². The molecule has 0 saturated carbocycles. The molecular weight excluding hydrogens is 116 g/mol. The van der Waals surface area contributed by atoms with Gasteiger partial charge in [0.2, 0.25) is 6.29 Å². The van der Waals surface area contributed by atoms with E-state index in [0.717, 1.165) is 6.08 Å². The summed E-state index contributed by atoms with van der Waals surface area (Å²) in [6.07, 6.45) is 2.75. The van der Waals surface area contributed by atoms with Crippen molar-refractivity contribution >= 4 is 12.1 Å². The summed E-state index contributed by atoms with van der Waals surface area (Å²) in [7, 11) is 0. The molecule has 2 nitrogen and oxygen atoms in total. The molecule has 0 heterocycles. The Hall–Kier alpha value is -0.920. The van der Waals surface area contributed by atoms with Gasteiger partial charge in [0.1, 0.15) is 0 Å². The molecule has 1 radical (unpaired) electrons. The molecule has 0 bridgehead atoms. The lowest BCUT2D eigenvalue weighted by Crippen LogP contribution is -2.23. The lowest BCUT2D eigenvalue weighted by atomic mass is 9.90. The van der Waals surface area contributed by atoms with Gasteiger partial charge in [0, 0.05) is 0 Å². The van der Waals surface area contributed by atoms with Crippen molar-refractivity contribution in [2.75, 3.05) is 0 Å². The fourth-order valence-electron chi connectivity index (χ4n) is 0.305. The predicted molar refractivity (Wildman–Crippen MR) is 34.7 cm³/mol. The first-order chi connectivity index (χ1) is 4.04. The molecule has 49 valence electrons. The van der Waals surface area contributed by atoms with Crippen molar-refractivity contribution in [3.05, 3.63) is 12.7 Å². The Morgan fingerprint density at radius 3 is 2.22 bits per heavy atom. The van der Waals surface area contributed by atoms with Gasteiger partial charge in [-0.1, -0.05) is 6.58 Å². The SMILES string of the molecule is C=CC(=O)C(C)(C)[C]=O. The van der Waals surface area contributed by atoms with E-state index in [4.69, 9.17) is 0 Å². The second kappa shape index (κ2) is 2.58. The van der Waals surface area contributed by atoms with Crippen molar-refractivity contribution in [1.29, 1.82) is 0 Å². The van der Waals surface area contributed by atoms with Crippen LogP contribution in [0.5, 0.6) is 0 Å². The van der Waals surface area contributed by atoms with E-state index in [1.54, 1.807) is 6.29 Å². The van der Waals surface area contributed by atoms with E-state index < -0.39 is 5.41 Å². The summed E-state index contributed by atoms with van der Waals surface area (Å²) in [6, 6.07) is 0. The minimum atomic E-state index is -1.01. The molecule has 0 aliphatic carbocycles. The highest BCUT2D eigenvalue weighted by molar-refractivity contribution is 6.03. The second-order valence-corrected chi connectivity index (χ2v) is 2.30. The van der Waals surface area contributed by atoms with Gasteiger partial charge in [0.05, 0.1) is 5.41 Å². The molecule has 0 amide bonds. The molecule has 0 unspecified atom stereocenters. The summed E-state index contributed by atoms with van der Waals surface area (Å²) in [5, 5.41) is 0. The zero-order chi connectivity index (χ0) is 7.49. The predicted octanol–water partition coefficient (Wildman–Crippen LogP) is 0.877. The van der Waals surface area contributed by atoms with Gasteiger partial charge in [-0.25, -0.2) is 0 Å². The fourth-order valence-corrected chi connectivity index (χ4v) is 0.305. The molecule has 9 heavy (non-hydrogen) atoms. The number of rotatable bonds is 3. The van der Waals surface area contributed by atoms with E-state index in [2.05, 4.69) is 6.58 Å². The molecule has 0 N–H and O–H groups in total.